The van der Waals surface area contributed by atoms with Crippen molar-refractivity contribution in [1.82, 2.24) is 4.90 Å². The number of hydrogen-bond acceptors (Lipinski definition) is 3. The minimum atomic E-state index is 0.691. The summed E-state index contributed by atoms with van der Waals surface area (Å²) in [6.45, 7) is 6.99. The summed E-state index contributed by atoms with van der Waals surface area (Å²) in [6, 6.07) is 0.691. The smallest absolute Gasteiger partial charge is 0.0198 e. The van der Waals surface area contributed by atoms with Gasteiger partial charge in [-0.1, -0.05) is 0 Å². The van der Waals surface area contributed by atoms with Crippen LogP contribution >= 0.6 is 12.0 Å². The molecule has 1 unspecified atom stereocenters. The van der Waals surface area contributed by atoms with Crippen molar-refractivity contribution in [2.24, 2.45) is 5.92 Å². The van der Waals surface area contributed by atoms with E-state index in [1.54, 1.807) is 0 Å². The molecule has 72 valence electrons. The molecular weight excluding hydrogens is 170 g/mol. The largest absolute Gasteiger partial charge is 0.330 e. The van der Waals surface area contributed by atoms with Crippen LogP contribution in [0, 0.1) is 5.92 Å². The Morgan fingerprint density at radius 2 is 2.33 bits per heavy atom. The summed E-state index contributed by atoms with van der Waals surface area (Å²) in [5.74, 6) is 1.73. The number of likely N-dealkylation sites (tertiary alicyclic amines) is 1. The van der Waals surface area contributed by atoms with Crippen LogP contribution < -0.4 is 0 Å². The van der Waals surface area contributed by atoms with Crippen molar-refractivity contribution >= 4 is 12.0 Å². The Hall–Kier alpha value is 0.270. The maximum atomic E-state index is 8.60. The molecule has 1 heterocycles. The van der Waals surface area contributed by atoms with Gasteiger partial charge in [-0.05, 0) is 51.2 Å². The zero-order chi connectivity index (χ0) is 8.97. The van der Waals surface area contributed by atoms with Gasteiger partial charge in [0.05, 0.1) is 0 Å². The Kier molecular flexibility index (Phi) is 4.40. The Morgan fingerprint density at radius 3 is 2.83 bits per heavy atom. The van der Waals surface area contributed by atoms with Crippen LogP contribution in [0.1, 0.15) is 26.7 Å². The summed E-state index contributed by atoms with van der Waals surface area (Å²) in [4.78, 5) is 2.52. The molecule has 12 heavy (non-hydrogen) atoms. The summed E-state index contributed by atoms with van der Waals surface area (Å²) < 4.78 is 8.60. The lowest BCUT2D eigenvalue weighted by Crippen LogP contribution is -2.28. The molecule has 3 heteroatoms. The van der Waals surface area contributed by atoms with E-state index >= 15 is 0 Å². The van der Waals surface area contributed by atoms with Crippen LogP contribution in [0.5, 0.6) is 0 Å². The lowest BCUT2D eigenvalue weighted by molar-refractivity contribution is 0.264. The third-order valence-corrected chi connectivity index (χ3v) is 3.08. The lowest BCUT2D eigenvalue weighted by atomic mass is 10.1. The minimum Gasteiger partial charge on any atom is -0.330 e. The summed E-state index contributed by atoms with van der Waals surface area (Å²) in [5.41, 5.74) is 0. The number of rotatable bonds is 4. The molecule has 2 nitrogen and oxygen atoms in total. The zero-order valence-electron chi connectivity index (χ0n) is 7.99. The van der Waals surface area contributed by atoms with E-state index in [2.05, 4.69) is 18.7 Å². The van der Waals surface area contributed by atoms with Crippen LogP contribution in [0.2, 0.25) is 0 Å². The van der Waals surface area contributed by atoms with E-state index in [4.69, 9.17) is 4.55 Å². The second-order valence-electron chi connectivity index (χ2n) is 3.87. The highest BCUT2D eigenvalue weighted by molar-refractivity contribution is 7.93. The van der Waals surface area contributed by atoms with Gasteiger partial charge in [-0.3, -0.25) is 0 Å². The van der Waals surface area contributed by atoms with E-state index in [-0.39, 0.29) is 0 Å². The zero-order valence-corrected chi connectivity index (χ0v) is 8.81. The summed E-state index contributed by atoms with van der Waals surface area (Å²) in [5, 5.41) is 0. The van der Waals surface area contributed by atoms with Gasteiger partial charge in [0, 0.05) is 18.3 Å². The van der Waals surface area contributed by atoms with E-state index in [9.17, 15) is 0 Å². The molecule has 0 aliphatic carbocycles. The van der Waals surface area contributed by atoms with E-state index in [1.165, 1.54) is 25.9 Å². The van der Waals surface area contributed by atoms with Crippen LogP contribution in [0.25, 0.3) is 0 Å². The molecule has 1 fully saturated rings. The first-order valence-electron chi connectivity index (χ1n) is 4.74. The molecule has 1 saturated heterocycles. The monoisotopic (exact) mass is 189 g/mol. The quantitative estimate of drug-likeness (QED) is 0.687. The first-order chi connectivity index (χ1) is 5.74. The van der Waals surface area contributed by atoms with Gasteiger partial charge in [0.1, 0.15) is 0 Å². The van der Waals surface area contributed by atoms with Crippen LogP contribution in [0.15, 0.2) is 0 Å². The van der Waals surface area contributed by atoms with Crippen molar-refractivity contribution in [3.63, 3.8) is 0 Å². The molecule has 1 rings (SSSR count). The molecule has 0 aromatic rings. The summed E-state index contributed by atoms with van der Waals surface area (Å²) in [7, 11) is 0. The minimum absolute atomic E-state index is 0.691. The predicted molar refractivity (Wildman–Crippen MR) is 54.5 cm³/mol. The standard InChI is InChI=1S/C9H19NOS/c1-8(2)10-5-3-9(7-10)4-6-12-11/h8-9,11H,3-7H2,1-2H3. The van der Waals surface area contributed by atoms with Crippen molar-refractivity contribution in [1.29, 1.82) is 0 Å². The van der Waals surface area contributed by atoms with Crippen molar-refractivity contribution in [2.45, 2.75) is 32.7 Å². The topological polar surface area (TPSA) is 23.5 Å². The van der Waals surface area contributed by atoms with E-state index in [0.29, 0.717) is 6.04 Å². The lowest BCUT2D eigenvalue weighted by Gasteiger charge is -2.19. The highest BCUT2D eigenvalue weighted by Crippen LogP contribution is 2.22. The highest BCUT2D eigenvalue weighted by Gasteiger charge is 2.23. The number of nitrogens with zero attached hydrogens (tertiary/aromatic N) is 1. The van der Waals surface area contributed by atoms with Crippen molar-refractivity contribution in [3.05, 3.63) is 0 Å². The molecule has 0 aromatic carbocycles. The third-order valence-electron chi connectivity index (χ3n) is 2.66. The van der Waals surface area contributed by atoms with E-state index in [0.717, 1.165) is 23.7 Å². The van der Waals surface area contributed by atoms with E-state index < -0.39 is 0 Å². The average molecular weight is 189 g/mol. The van der Waals surface area contributed by atoms with Gasteiger partial charge in [0.25, 0.3) is 0 Å². The van der Waals surface area contributed by atoms with Gasteiger partial charge < -0.3 is 9.45 Å². The van der Waals surface area contributed by atoms with E-state index in [1.807, 2.05) is 0 Å². The van der Waals surface area contributed by atoms with Crippen LogP contribution in [0.3, 0.4) is 0 Å². The van der Waals surface area contributed by atoms with Gasteiger partial charge in [0.15, 0.2) is 0 Å². The van der Waals surface area contributed by atoms with Crippen LogP contribution in [0.4, 0.5) is 0 Å². The van der Waals surface area contributed by atoms with Crippen molar-refractivity contribution < 1.29 is 4.55 Å². The Labute approximate surface area is 79.5 Å². The Bertz CT molecular complexity index is 130. The van der Waals surface area contributed by atoms with Gasteiger partial charge in [-0.2, -0.15) is 0 Å². The second-order valence-corrected chi connectivity index (χ2v) is 4.53. The molecule has 1 aliphatic heterocycles. The first-order valence-corrected chi connectivity index (χ1v) is 5.68. The molecule has 0 bridgehead atoms. The molecule has 0 saturated carbocycles. The molecule has 0 radical (unpaired) electrons. The molecule has 1 aliphatic rings. The fourth-order valence-corrected chi connectivity index (χ4v) is 2.23. The summed E-state index contributed by atoms with van der Waals surface area (Å²) >= 11 is 0.980. The highest BCUT2D eigenvalue weighted by atomic mass is 32.2. The predicted octanol–water partition coefficient (Wildman–Crippen LogP) is 2.31. The molecular formula is C9H19NOS. The van der Waals surface area contributed by atoms with Crippen molar-refractivity contribution in [3.8, 4) is 0 Å². The SMILES string of the molecule is CC(C)N1CCC(CCSO)C1. The van der Waals surface area contributed by atoms with Gasteiger partial charge >= 0.3 is 0 Å². The van der Waals surface area contributed by atoms with Gasteiger partial charge in [-0.15, -0.1) is 0 Å². The summed E-state index contributed by atoms with van der Waals surface area (Å²) in [6.07, 6.45) is 2.49. The maximum Gasteiger partial charge on any atom is 0.0198 e. The van der Waals surface area contributed by atoms with Gasteiger partial charge in [-0.25, -0.2) is 0 Å². The van der Waals surface area contributed by atoms with Crippen LogP contribution in [-0.2, 0) is 0 Å². The van der Waals surface area contributed by atoms with Gasteiger partial charge in [0.2, 0.25) is 0 Å². The van der Waals surface area contributed by atoms with Crippen LogP contribution in [-0.4, -0.2) is 34.3 Å². The first kappa shape index (κ1) is 10.4. The molecule has 1 atom stereocenters. The molecule has 0 amide bonds. The third kappa shape index (κ3) is 2.96. The van der Waals surface area contributed by atoms with Crippen molar-refractivity contribution in [2.75, 3.05) is 18.8 Å². The second kappa shape index (κ2) is 5.10. The molecule has 1 N–H and O–H groups in total. The Balaban J connectivity index is 2.17. The maximum absolute atomic E-state index is 8.60. The number of hydrogen-bond donors (Lipinski definition) is 1. The molecule has 0 spiro atoms. The Morgan fingerprint density at radius 1 is 1.58 bits per heavy atom. The fraction of sp³-hybridized carbons (Fsp3) is 1.00. The molecule has 0 aromatic heterocycles. The fourth-order valence-electron chi connectivity index (χ4n) is 1.79. The average Bonchev–Trinajstić information content (AvgIpc) is 2.48. The normalized spacial score (nSPS) is 25.5.